The van der Waals surface area contributed by atoms with E-state index in [0.717, 1.165) is 17.7 Å². The van der Waals surface area contributed by atoms with E-state index in [1.165, 1.54) is 6.07 Å². The average molecular weight is 281 g/mol. The van der Waals surface area contributed by atoms with Crippen molar-refractivity contribution in [1.82, 2.24) is 0 Å². The highest BCUT2D eigenvalue weighted by molar-refractivity contribution is 6.10. The van der Waals surface area contributed by atoms with E-state index in [0.29, 0.717) is 23.4 Å². The molecule has 1 aliphatic heterocycles. The Hall–Kier alpha value is -2.82. The Labute approximate surface area is 122 Å². The Kier molecular flexibility index (Phi) is 3.10. The second-order valence-electron chi connectivity index (χ2n) is 5.01. The van der Waals surface area contributed by atoms with E-state index in [9.17, 15) is 9.59 Å². The third-order valence-corrected chi connectivity index (χ3v) is 3.66. The predicted octanol–water partition coefficient (Wildman–Crippen LogP) is 1.57. The third kappa shape index (κ3) is 2.23. The summed E-state index contributed by atoms with van der Waals surface area (Å²) in [4.78, 5) is 25.5. The van der Waals surface area contributed by atoms with Gasteiger partial charge >= 0.3 is 0 Å². The number of nitrogens with zero attached hydrogens (tertiary/aromatic N) is 1. The molecule has 5 heteroatoms. The van der Waals surface area contributed by atoms with E-state index >= 15 is 0 Å². The molecule has 0 fully saturated rings. The fourth-order valence-corrected chi connectivity index (χ4v) is 2.65. The van der Waals surface area contributed by atoms with Gasteiger partial charge in [-0.15, -0.1) is 0 Å². The molecular weight excluding hydrogens is 266 g/mol. The number of benzene rings is 2. The van der Waals surface area contributed by atoms with E-state index in [-0.39, 0.29) is 5.91 Å². The normalized spacial score (nSPS) is 13.0. The van der Waals surface area contributed by atoms with Crippen molar-refractivity contribution in [3.8, 4) is 0 Å². The second kappa shape index (κ2) is 4.94. The van der Waals surface area contributed by atoms with Crippen molar-refractivity contribution in [2.45, 2.75) is 6.42 Å². The Bertz CT molecular complexity index is 740. The fraction of sp³-hybridized carbons (Fsp3) is 0.125. The number of nitrogen functional groups attached to an aromatic ring is 1. The molecule has 4 N–H and O–H groups in total. The van der Waals surface area contributed by atoms with Gasteiger partial charge in [0, 0.05) is 17.7 Å². The van der Waals surface area contributed by atoms with Crippen molar-refractivity contribution in [3.63, 3.8) is 0 Å². The van der Waals surface area contributed by atoms with Gasteiger partial charge in [0.15, 0.2) is 0 Å². The summed E-state index contributed by atoms with van der Waals surface area (Å²) >= 11 is 0. The van der Waals surface area contributed by atoms with Crippen LogP contribution in [0.1, 0.15) is 26.3 Å². The molecule has 5 nitrogen and oxygen atoms in total. The maximum absolute atomic E-state index is 12.7. The Morgan fingerprint density at radius 3 is 2.52 bits per heavy atom. The number of para-hydroxylation sites is 1. The molecule has 0 bridgehead atoms. The lowest BCUT2D eigenvalue weighted by Gasteiger charge is -2.19. The predicted molar refractivity (Wildman–Crippen MR) is 81.2 cm³/mol. The molecule has 1 aliphatic rings. The molecule has 3 rings (SSSR count). The topological polar surface area (TPSA) is 89.4 Å². The van der Waals surface area contributed by atoms with Gasteiger partial charge in [-0.2, -0.15) is 0 Å². The van der Waals surface area contributed by atoms with Crippen LogP contribution in [0.2, 0.25) is 0 Å². The molecule has 0 radical (unpaired) electrons. The summed E-state index contributed by atoms with van der Waals surface area (Å²) < 4.78 is 0. The summed E-state index contributed by atoms with van der Waals surface area (Å²) in [5.74, 6) is -0.722. The molecule has 0 saturated carbocycles. The summed E-state index contributed by atoms with van der Waals surface area (Å²) in [6.45, 7) is 0.586. The molecule has 21 heavy (non-hydrogen) atoms. The smallest absolute Gasteiger partial charge is 0.258 e. The molecule has 106 valence electrons. The number of fused-ring (bicyclic) bond motifs is 1. The van der Waals surface area contributed by atoms with E-state index < -0.39 is 5.91 Å². The number of amides is 2. The molecule has 2 aromatic rings. The SMILES string of the molecule is NC(=O)c1cccc(C(=O)N2CCc3cccc(N)c32)c1. The number of anilines is 2. The third-order valence-electron chi connectivity index (χ3n) is 3.66. The molecule has 0 aliphatic carbocycles. The van der Waals surface area contributed by atoms with Crippen LogP contribution in [0, 0.1) is 0 Å². The van der Waals surface area contributed by atoms with Gasteiger partial charge < -0.3 is 16.4 Å². The minimum Gasteiger partial charge on any atom is -0.397 e. The van der Waals surface area contributed by atoms with Crippen LogP contribution in [-0.4, -0.2) is 18.4 Å². The number of primary amides is 1. The number of nitrogens with two attached hydrogens (primary N) is 2. The lowest BCUT2D eigenvalue weighted by Crippen LogP contribution is -2.29. The molecular formula is C16H15N3O2. The van der Waals surface area contributed by atoms with Crippen LogP contribution in [0.5, 0.6) is 0 Å². The van der Waals surface area contributed by atoms with Crippen molar-refractivity contribution < 1.29 is 9.59 Å². The van der Waals surface area contributed by atoms with Gasteiger partial charge in [0.2, 0.25) is 5.91 Å². The van der Waals surface area contributed by atoms with E-state index in [1.54, 1.807) is 29.2 Å². The first-order valence-electron chi connectivity index (χ1n) is 6.67. The minimum absolute atomic E-state index is 0.172. The highest BCUT2D eigenvalue weighted by atomic mass is 16.2. The van der Waals surface area contributed by atoms with E-state index in [4.69, 9.17) is 11.5 Å². The number of carbonyl (C=O) groups excluding carboxylic acids is 2. The van der Waals surface area contributed by atoms with Crippen LogP contribution < -0.4 is 16.4 Å². The first-order chi connectivity index (χ1) is 10.1. The molecule has 1 heterocycles. The van der Waals surface area contributed by atoms with Crippen molar-refractivity contribution in [2.24, 2.45) is 5.73 Å². The van der Waals surface area contributed by atoms with Gasteiger partial charge in [-0.3, -0.25) is 9.59 Å². The molecule has 0 atom stereocenters. The number of hydrogen-bond donors (Lipinski definition) is 2. The van der Waals surface area contributed by atoms with Gasteiger partial charge in [0.25, 0.3) is 5.91 Å². The molecule has 0 aromatic heterocycles. The van der Waals surface area contributed by atoms with Crippen LogP contribution in [-0.2, 0) is 6.42 Å². The number of rotatable bonds is 2. The number of hydrogen-bond acceptors (Lipinski definition) is 3. The van der Waals surface area contributed by atoms with Gasteiger partial charge in [-0.05, 0) is 36.2 Å². The molecule has 0 unspecified atom stereocenters. The first-order valence-corrected chi connectivity index (χ1v) is 6.67. The fourth-order valence-electron chi connectivity index (χ4n) is 2.65. The van der Waals surface area contributed by atoms with E-state index in [2.05, 4.69) is 0 Å². The van der Waals surface area contributed by atoms with Crippen LogP contribution in [0.3, 0.4) is 0 Å². The molecule has 0 spiro atoms. The second-order valence-corrected chi connectivity index (χ2v) is 5.01. The molecule has 2 aromatic carbocycles. The van der Waals surface area contributed by atoms with Crippen molar-refractivity contribution in [3.05, 3.63) is 59.2 Å². The summed E-state index contributed by atoms with van der Waals surface area (Å²) in [5, 5.41) is 0. The van der Waals surface area contributed by atoms with Crippen LogP contribution in [0.15, 0.2) is 42.5 Å². The Morgan fingerprint density at radius 2 is 1.76 bits per heavy atom. The van der Waals surface area contributed by atoms with Crippen LogP contribution in [0.4, 0.5) is 11.4 Å². The lowest BCUT2D eigenvalue weighted by atomic mass is 10.1. The highest BCUT2D eigenvalue weighted by Crippen LogP contribution is 2.34. The quantitative estimate of drug-likeness (QED) is 0.819. The van der Waals surface area contributed by atoms with Gasteiger partial charge in [-0.25, -0.2) is 0 Å². The van der Waals surface area contributed by atoms with E-state index in [1.807, 2.05) is 12.1 Å². The monoisotopic (exact) mass is 281 g/mol. The van der Waals surface area contributed by atoms with Crippen molar-refractivity contribution in [2.75, 3.05) is 17.2 Å². The largest absolute Gasteiger partial charge is 0.397 e. The van der Waals surface area contributed by atoms with Gasteiger partial charge in [0.1, 0.15) is 0 Å². The van der Waals surface area contributed by atoms with Crippen LogP contribution >= 0.6 is 0 Å². The van der Waals surface area contributed by atoms with Crippen molar-refractivity contribution >= 4 is 23.2 Å². The standard InChI is InChI=1S/C16H15N3O2/c17-13-6-2-3-10-7-8-19(14(10)13)16(21)12-5-1-4-11(9-12)15(18)20/h1-6,9H,7-8,17H2,(H2,18,20). The zero-order valence-corrected chi connectivity index (χ0v) is 11.4. The molecule has 0 saturated heterocycles. The maximum Gasteiger partial charge on any atom is 0.258 e. The zero-order chi connectivity index (χ0) is 15.0. The average Bonchev–Trinajstić information content (AvgIpc) is 2.92. The summed E-state index contributed by atoms with van der Waals surface area (Å²) in [7, 11) is 0. The first kappa shape index (κ1) is 13.2. The summed E-state index contributed by atoms with van der Waals surface area (Å²) in [5.41, 5.74) is 14.4. The zero-order valence-electron chi connectivity index (χ0n) is 11.4. The highest BCUT2D eigenvalue weighted by Gasteiger charge is 2.27. The molecule has 2 amide bonds. The van der Waals surface area contributed by atoms with Gasteiger partial charge in [-0.1, -0.05) is 18.2 Å². The minimum atomic E-state index is -0.550. The lowest BCUT2D eigenvalue weighted by molar-refractivity contribution is 0.0989. The summed E-state index contributed by atoms with van der Waals surface area (Å²) in [6.07, 6.45) is 0.779. The number of carbonyl (C=O) groups is 2. The maximum atomic E-state index is 12.7. The Balaban J connectivity index is 1.98. The van der Waals surface area contributed by atoms with Crippen LogP contribution in [0.25, 0.3) is 0 Å². The summed E-state index contributed by atoms with van der Waals surface area (Å²) in [6, 6.07) is 12.1. The Morgan fingerprint density at radius 1 is 1.05 bits per heavy atom. The van der Waals surface area contributed by atoms with Gasteiger partial charge in [0.05, 0.1) is 11.4 Å². The van der Waals surface area contributed by atoms with Crippen molar-refractivity contribution in [1.29, 1.82) is 0 Å².